The van der Waals surface area contributed by atoms with Crippen molar-refractivity contribution in [3.63, 3.8) is 0 Å². The van der Waals surface area contributed by atoms with E-state index >= 15 is 0 Å². The molecule has 0 aromatic carbocycles. The topological polar surface area (TPSA) is 29.3 Å². The zero-order valence-corrected chi connectivity index (χ0v) is 8.54. The quantitative estimate of drug-likeness (QED) is 0.716. The van der Waals surface area contributed by atoms with Crippen molar-refractivity contribution < 1.29 is 0 Å². The molecule has 2 unspecified atom stereocenters. The van der Waals surface area contributed by atoms with Crippen LogP contribution in [0.2, 0.25) is 0 Å². The van der Waals surface area contributed by atoms with Crippen LogP contribution < -0.4 is 5.73 Å². The summed E-state index contributed by atoms with van der Waals surface area (Å²) in [6, 6.07) is 0. The van der Waals surface area contributed by atoms with Gasteiger partial charge in [-0.2, -0.15) is 0 Å². The first kappa shape index (κ1) is 9.47. The standard InChI is InChI=1S/C11H22N2/c12-8-10-3-4-11(7-10)9-13-5-1-2-6-13/h10-11H,1-9,12H2. The summed E-state index contributed by atoms with van der Waals surface area (Å²) in [6.07, 6.45) is 7.06. The molecule has 0 aromatic rings. The third-order valence-corrected chi connectivity index (χ3v) is 3.70. The lowest BCUT2D eigenvalue weighted by molar-refractivity contribution is 0.276. The molecule has 1 aliphatic heterocycles. The Balaban J connectivity index is 1.70. The zero-order valence-electron chi connectivity index (χ0n) is 8.54. The Morgan fingerprint density at radius 2 is 1.77 bits per heavy atom. The van der Waals surface area contributed by atoms with E-state index in [9.17, 15) is 0 Å². The van der Waals surface area contributed by atoms with Crippen molar-refractivity contribution in [2.45, 2.75) is 32.1 Å². The van der Waals surface area contributed by atoms with Gasteiger partial charge in [0, 0.05) is 6.54 Å². The zero-order chi connectivity index (χ0) is 9.10. The van der Waals surface area contributed by atoms with Crippen LogP contribution in [0.4, 0.5) is 0 Å². The molecule has 0 radical (unpaired) electrons. The summed E-state index contributed by atoms with van der Waals surface area (Å²) in [5, 5.41) is 0. The van der Waals surface area contributed by atoms with E-state index in [0.29, 0.717) is 0 Å². The summed E-state index contributed by atoms with van der Waals surface area (Å²) in [6.45, 7) is 4.97. The number of hydrogen-bond donors (Lipinski definition) is 1. The molecule has 2 N–H and O–H groups in total. The first-order valence-corrected chi connectivity index (χ1v) is 5.81. The molecule has 0 aromatic heterocycles. The van der Waals surface area contributed by atoms with Crippen molar-refractivity contribution in [3.05, 3.63) is 0 Å². The largest absolute Gasteiger partial charge is 0.330 e. The summed E-state index contributed by atoms with van der Waals surface area (Å²) >= 11 is 0. The second-order valence-electron chi connectivity index (χ2n) is 4.79. The highest BCUT2D eigenvalue weighted by atomic mass is 15.1. The van der Waals surface area contributed by atoms with Crippen LogP contribution in [-0.4, -0.2) is 31.1 Å². The van der Waals surface area contributed by atoms with Crippen molar-refractivity contribution in [3.8, 4) is 0 Å². The van der Waals surface area contributed by atoms with Crippen molar-refractivity contribution in [1.82, 2.24) is 4.90 Å². The minimum absolute atomic E-state index is 0.840. The van der Waals surface area contributed by atoms with Crippen molar-refractivity contribution in [1.29, 1.82) is 0 Å². The van der Waals surface area contributed by atoms with E-state index in [1.165, 1.54) is 51.7 Å². The summed E-state index contributed by atoms with van der Waals surface area (Å²) < 4.78 is 0. The van der Waals surface area contributed by atoms with Crippen LogP contribution in [0.5, 0.6) is 0 Å². The van der Waals surface area contributed by atoms with Gasteiger partial charge in [-0.15, -0.1) is 0 Å². The summed E-state index contributed by atoms with van der Waals surface area (Å²) in [5.41, 5.74) is 5.69. The average molecular weight is 182 g/mol. The number of nitrogens with zero attached hydrogens (tertiary/aromatic N) is 1. The van der Waals surface area contributed by atoms with Gasteiger partial charge in [0.15, 0.2) is 0 Å². The Morgan fingerprint density at radius 1 is 1.08 bits per heavy atom. The Morgan fingerprint density at radius 3 is 2.38 bits per heavy atom. The van der Waals surface area contributed by atoms with Gasteiger partial charge in [-0.05, 0) is 63.6 Å². The Hall–Kier alpha value is -0.0800. The molecule has 2 atom stereocenters. The SMILES string of the molecule is NCC1CCC(CN2CCCC2)C1. The smallest absolute Gasteiger partial charge is 0.000977 e. The molecule has 0 bridgehead atoms. The van der Waals surface area contributed by atoms with Gasteiger partial charge in [-0.3, -0.25) is 0 Å². The molecule has 2 fully saturated rings. The lowest BCUT2D eigenvalue weighted by atomic mass is 10.0. The van der Waals surface area contributed by atoms with Crippen LogP contribution in [0.15, 0.2) is 0 Å². The van der Waals surface area contributed by atoms with Gasteiger partial charge in [-0.1, -0.05) is 0 Å². The van der Waals surface area contributed by atoms with Crippen molar-refractivity contribution in [2.75, 3.05) is 26.2 Å². The second kappa shape index (κ2) is 4.43. The Kier molecular flexibility index (Phi) is 3.23. The van der Waals surface area contributed by atoms with Crippen LogP contribution in [-0.2, 0) is 0 Å². The van der Waals surface area contributed by atoms with Crippen LogP contribution >= 0.6 is 0 Å². The highest BCUT2D eigenvalue weighted by molar-refractivity contribution is 4.79. The predicted octanol–water partition coefficient (Wildman–Crippen LogP) is 1.46. The van der Waals surface area contributed by atoms with Gasteiger partial charge >= 0.3 is 0 Å². The van der Waals surface area contributed by atoms with Crippen LogP contribution in [0.1, 0.15) is 32.1 Å². The molecule has 1 heterocycles. The first-order chi connectivity index (χ1) is 6.38. The molecular formula is C11H22N2. The van der Waals surface area contributed by atoms with Gasteiger partial charge < -0.3 is 10.6 Å². The maximum atomic E-state index is 5.69. The lowest BCUT2D eigenvalue weighted by Crippen LogP contribution is -2.25. The molecule has 2 rings (SSSR count). The molecule has 13 heavy (non-hydrogen) atoms. The van der Waals surface area contributed by atoms with E-state index in [2.05, 4.69) is 4.90 Å². The van der Waals surface area contributed by atoms with Gasteiger partial charge in [0.05, 0.1) is 0 Å². The first-order valence-electron chi connectivity index (χ1n) is 5.81. The number of hydrogen-bond acceptors (Lipinski definition) is 2. The monoisotopic (exact) mass is 182 g/mol. The molecule has 0 spiro atoms. The second-order valence-corrected chi connectivity index (χ2v) is 4.79. The molecule has 0 amide bonds. The average Bonchev–Trinajstić information content (AvgIpc) is 2.76. The molecule has 2 heteroatoms. The predicted molar refractivity (Wildman–Crippen MR) is 55.6 cm³/mol. The highest BCUT2D eigenvalue weighted by Crippen LogP contribution is 2.31. The molecule has 2 nitrogen and oxygen atoms in total. The van der Waals surface area contributed by atoms with Crippen LogP contribution in [0.25, 0.3) is 0 Å². The molecule has 76 valence electrons. The molecule has 2 aliphatic rings. The Bertz CT molecular complexity index is 152. The Labute approximate surface area is 81.5 Å². The highest BCUT2D eigenvalue weighted by Gasteiger charge is 2.25. The molecule has 1 saturated heterocycles. The molecule has 1 aliphatic carbocycles. The van der Waals surface area contributed by atoms with Crippen LogP contribution in [0.3, 0.4) is 0 Å². The van der Waals surface area contributed by atoms with E-state index in [0.717, 1.165) is 18.4 Å². The van der Waals surface area contributed by atoms with Gasteiger partial charge in [0.25, 0.3) is 0 Å². The van der Waals surface area contributed by atoms with E-state index in [-0.39, 0.29) is 0 Å². The minimum atomic E-state index is 0.840. The van der Waals surface area contributed by atoms with Crippen molar-refractivity contribution in [2.24, 2.45) is 17.6 Å². The lowest BCUT2D eigenvalue weighted by Gasteiger charge is -2.19. The fourth-order valence-corrected chi connectivity index (χ4v) is 2.89. The van der Waals surface area contributed by atoms with E-state index in [1.54, 1.807) is 0 Å². The van der Waals surface area contributed by atoms with Gasteiger partial charge in [-0.25, -0.2) is 0 Å². The van der Waals surface area contributed by atoms with Crippen molar-refractivity contribution >= 4 is 0 Å². The third-order valence-electron chi connectivity index (χ3n) is 3.70. The number of likely N-dealkylation sites (tertiary alicyclic amines) is 1. The van der Waals surface area contributed by atoms with Crippen LogP contribution in [0, 0.1) is 11.8 Å². The summed E-state index contributed by atoms with van der Waals surface area (Å²) in [7, 11) is 0. The number of rotatable bonds is 3. The molecule has 1 saturated carbocycles. The summed E-state index contributed by atoms with van der Waals surface area (Å²) in [4.78, 5) is 2.64. The normalized spacial score (nSPS) is 35.8. The van der Waals surface area contributed by atoms with E-state index < -0.39 is 0 Å². The fourth-order valence-electron chi connectivity index (χ4n) is 2.89. The fraction of sp³-hybridized carbons (Fsp3) is 1.00. The van der Waals surface area contributed by atoms with Gasteiger partial charge in [0.1, 0.15) is 0 Å². The summed E-state index contributed by atoms with van der Waals surface area (Å²) in [5.74, 6) is 1.80. The molecular weight excluding hydrogens is 160 g/mol. The third kappa shape index (κ3) is 2.44. The van der Waals surface area contributed by atoms with Gasteiger partial charge in [0.2, 0.25) is 0 Å². The van der Waals surface area contributed by atoms with E-state index in [1.807, 2.05) is 0 Å². The number of nitrogens with two attached hydrogens (primary N) is 1. The maximum absolute atomic E-state index is 5.69. The maximum Gasteiger partial charge on any atom is 0.000977 e. The van der Waals surface area contributed by atoms with E-state index in [4.69, 9.17) is 5.73 Å². The minimum Gasteiger partial charge on any atom is -0.330 e.